The maximum Gasteiger partial charge on any atom is 0.212 e. The summed E-state index contributed by atoms with van der Waals surface area (Å²) in [5, 5.41) is 3.14. The number of benzene rings is 2. The van der Waals surface area contributed by atoms with Crippen molar-refractivity contribution in [3.63, 3.8) is 0 Å². The topological polar surface area (TPSA) is 72.7 Å². The molecule has 0 bridgehead atoms. The summed E-state index contributed by atoms with van der Waals surface area (Å²) in [6.07, 6.45) is 1.93. The lowest BCUT2D eigenvalue weighted by atomic mass is 9.95. The number of para-hydroxylation sites is 2. The summed E-state index contributed by atoms with van der Waals surface area (Å²) in [7, 11) is 0. The highest BCUT2D eigenvalue weighted by Gasteiger charge is 2.43. The molecule has 0 atom stereocenters. The van der Waals surface area contributed by atoms with Crippen LogP contribution in [0.25, 0.3) is 11.0 Å². The number of likely N-dealkylation sites (tertiary alicyclic amines) is 1. The number of nitrogens with one attached hydrogen (secondary N) is 2. The summed E-state index contributed by atoms with van der Waals surface area (Å²) in [5.74, 6) is 1.28. The second-order valence-electron chi connectivity index (χ2n) is 7.28. The molecule has 1 fully saturated rings. The Kier molecular flexibility index (Phi) is 3.46. The van der Waals surface area contributed by atoms with Gasteiger partial charge < -0.3 is 10.6 Å². The number of imidazole rings is 1. The second-order valence-corrected chi connectivity index (χ2v) is 7.28. The first-order chi connectivity index (χ1) is 12.7. The summed E-state index contributed by atoms with van der Waals surface area (Å²) in [5.41, 5.74) is 9.29. The molecule has 1 spiro atoms. The number of aliphatic imine (C=N–C) groups is 1. The number of aromatic nitrogens is 2. The molecule has 0 amide bonds. The molecule has 1 saturated heterocycles. The molecule has 0 radical (unpaired) electrons. The van der Waals surface area contributed by atoms with Gasteiger partial charge in [-0.3, -0.25) is 9.88 Å². The molecular formula is C20H23N6+. The molecule has 2 aliphatic rings. The van der Waals surface area contributed by atoms with Gasteiger partial charge in [0.05, 0.1) is 24.1 Å². The van der Waals surface area contributed by atoms with E-state index in [0.717, 1.165) is 49.5 Å². The summed E-state index contributed by atoms with van der Waals surface area (Å²) in [4.78, 5) is 11.2. The molecule has 4 N–H and O–H groups in total. The molecule has 26 heavy (non-hydrogen) atoms. The number of fused-ring (bicyclic) bond motifs is 4. The molecule has 3 aromatic rings. The van der Waals surface area contributed by atoms with Crippen LogP contribution >= 0.6 is 0 Å². The fraction of sp³-hybridized carbons (Fsp3) is 0.300. The summed E-state index contributed by atoms with van der Waals surface area (Å²) >= 11 is 0. The largest absolute Gasteiger partial charge is 0.370 e. The van der Waals surface area contributed by atoms with Crippen molar-refractivity contribution in [2.24, 2.45) is 10.7 Å². The van der Waals surface area contributed by atoms with Crippen molar-refractivity contribution in [3.05, 3.63) is 60.2 Å². The summed E-state index contributed by atoms with van der Waals surface area (Å²) in [6, 6.07) is 19.0. The monoisotopic (exact) mass is 347 g/mol. The molecule has 132 valence electrons. The first-order valence-electron chi connectivity index (χ1n) is 9.21. The van der Waals surface area contributed by atoms with Crippen LogP contribution in [0.1, 0.15) is 18.4 Å². The zero-order valence-electron chi connectivity index (χ0n) is 14.7. The predicted molar refractivity (Wildman–Crippen MR) is 103 cm³/mol. The van der Waals surface area contributed by atoms with Gasteiger partial charge in [-0.05, 0) is 12.1 Å². The Bertz CT molecular complexity index is 966. The fourth-order valence-electron chi connectivity index (χ4n) is 4.35. The van der Waals surface area contributed by atoms with E-state index in [1.165, 1.54) is 5.56 Å². The van der Waals surface area contributed by atoms with Crippen LogP contribution in [0, 0.1) is 0 Å². The van der Waals surface area contributed by atoms with Gasteiger partial charge in [-0.25, -0.2) is 9.98 Å². The molecule has 0 aliphatic carbocycles. The normalized spacial score (nSPS) is 24.9. The van der Waals surface area contributed by atoms with Crippen molar-refractivity contribution >= 4 is 22.9 Å². The van der Waals surface area contributed by atoms with E-state index in [2.05, 4.69) is 52.3 Å². The highest BCUT2D eigenvalue weighted by molar-refractivity contribution is 5.94. The average Bonchev–Trinajstić information content (AvgIpc) is 3.03. The van der Waals surface area contributed by atoms with E-state index in [1.54, 1.807) is 4.90 Å². The van der Waals surface area contributed by atoms with E-state index < -0.39 is 0 Å². The van der Waals surface area contributed by atoms with Crippen LogP contribution in [0.2, 0.25) is 0 Å². The molecular weight excluding hydrogens is 324 g/mol. The van der Waals surface area contributed by atoms with Crippen LogP contribution in [0.3, 0.4) is 0 Å². The SMILES string of the molecule is NC1=NC2(CC[NH+](Cc3ccccc3)CC2)n2c(nc3ccccc32)N1. The number of nitrogens with zero attached hydrogens (tertiary/aromatic N) is 3. The van der Waals surface area contributed by atoms with Gasteiger partial charge >= 0.3 is 0 Å². The Morgan fingerprint density at radius 3 is 2.58 bits per heavy atom. The second kappa shape index (κ2) is 5.85. The van der Waals surface area contributed by atoms with Crippen LogP contribution in [-0.4, -0.2) is 28.6 Å². The van der Waals surface area contributed by atoms with Crippen LogP contribution in [-0.2, 0) is 12.2 Å². The van der Waals surface area contributed by atoms with Gasteiger partial charge in [0, 0.05) is 18.4 Å². The van der Waals surface area contributed by atoms with E-state index in [0.29, 0.717) is 5.96 Å². The maximum atomic E-state index is 6.11. The van der Waals surface area contributed by atoms with Crippen LogP contribution in [0.15, 0.2) is 59.6 Å². The van der Waals surface area contributed by atoms with Gasteiger partial charge in [0.1, 0.15) is 6.54 Å². The van der Waals surface area contributed by atoms with Crippen molar-refractivity contribution in [1.82, 2.24) is 9.55 Å². The van der Waals surface area contributed by atoms with Gasteiger partial charge in [-0.2, -0.15) is 0 Å². The predicted octanol–water partition coefficient (Wildman–Crippen LogP) is 1.31. The summed E-state index contributed by atoms with van der Waals surface area (Å²) < 4.78 is 2.26. The lowest BCUT2D eigenvalue weighted by molar-refractivity contribution is -0.920. The van der Waals surface area contributed by atoms with Crippen LogP contribution in [0.5, 0.6) is 0 Å². The zero-order valence-corrected chi connectivity index (χ0v) is 14.7. The number of quaternary nitrogens is 1. The van der Waals surface area contributed by atoms with E-state index in [9.17, 15) is 0 Å². The molecule has 0 unspecified atom stereocenters. The highest BCUT2D eigenvalue weighted by atomic mass is 15.4. The molecule has 3 heterocycles. The smallest absolute Gasteiger partial charge is 0.212 e. The molecule has 2 aliphatic heterocycles. The lowest BCUT2D eigenvalue weighted by Gasteiger charge is -2.41. The number of piperidine rings is 1. The van der Waals surface area contributed by atoms with Crippen molar-refractivity contribution in [3.8, 4) is 0 Å². The minimum Gasteiger partial charge on any atom is -0.370 e. The van der Waals surface area contributed by atoms with E-state index >= 15 is 0 Å². The standard InChI is InChI=1S/C20H22N6/c21-18-23-19-22-16-8-4-5-9-17(16)26(19)20(24-18)10-12-25(13-11-20)14-15-6-2-1-3-7-15/h1-9H,10-14H2,(H3,21,22,23,24)/p+1. The average molecular weight is 347 g/mol. The third-order valence-electron chi connectivity index (χ3n) is 5.60. The summed E-state index contributed by atoms with van der Waals surface area (Å²) in [6.45, 7) is 3.20. The van der Waals surface area contributed by atoms with Crippen molar-refractivity contribution in [2.75, 3.05) is 18.4 Å². The van der Waals surface area contributed by atoms with E-state index in [4.69, 9.17) is 15.7 Å². The fourth-order valence-corrected chi connectivity index (χ4v) is 4.35. The maximum absolute atomic E-state index is 6.11. The van der Waals surface area contributed by atoms with Crippen molar-refractivity contribution in [1.29, 1.82) is 0 Å². The van der Waals surface area contributed by atoms with Crippen LogP contribution < -0.4 is 16.0 Å². The van der Waals surface area contributed by atoms with Gasteiger partial charge in [-0.15, -0.1) is 0 Å². The minimum absolute atomic E-state index is 0.318. The molecule has 6 nitrogen and oxygen atoms in total. The van der Waals surface area contributed by atoms with Crippen molar-refractivity contribution in [2.45, 2.75) is 25.0 Å². The first kappa shape index (κ1) is 15.4. The number of hydrogen-bond donors (Lipinski definition) is 3. The quantitative estimate of drug-likeness (QED) is 0.654. The third-order valence-corrected chi connectivity index (χ3v) is 5.60. The zero-order chi connectivity index (χ0) is 17.6. The van der Waals surface area contributed by atoms with Gasteiger partial charge in [0.25, 0.3) is 0 Å². The van der Waals surface area contributed by atoms with Gasteiger partial charge in [0.2, 0.25) is 5.95 Å². The first-order valence-corrected chi connectivity index (χ1v) is 9.21. The van der Waals surface area contributed by atoms with Gasteiger partial charge in [-0.1, -0.05) is 42.5 Å². The number of anilines is 1. The minimum atomic E-state index is -0.318. The molecule has 6 heteroatoms. The molecule has 5 rings (SSSR count). The Morgan fingerprint density at radius 1 is 1.04 bits per heavy atom. The Labute approximate surface area is 152 Å². The lowest BCUT2D eigenvalue weighted by Crippen LogP contribution is -3.12. The number of guanidine groups is 1. The number of rotatable bonds is 2. The number of nitrogens with two attached hydrogens (primary N) is 1. The van der Waals surface area contributed by atoms with Crippen LogP contribution in [0.4, 0.5) is 5.95 Å². The highest BCUT2D eigenvalue weighted by Crippen LogP contribution is 2.37. The number of hydrogen-bond acceptors (Lipinski definition) is 4. The van der Waals surface area contributed by atoms with Gasteiger partial charge in [0.15, 0.2) is 11.6 Å². The Balaban J connectivity index is 1.46. The molecule has 1 aromatic heterocycles. The van der Waals surface area contributed by atoms with Crippen molar-refractivity contribution < 1.29 is 4.90 Å². The molecule has 2 aromatic carbocycles. The van der Waals surface area contributed by atoms with E-state index in [-0.39, 0.29) is 5.66 Å². The van der Waals surface area contributed by atoms with E-state index in [1.807, 2.05) is 12.1 Å². The third kappa shape index (κ3) is 2.45. The Morgan fingerprint density at radius 2 is 1.77 bits per heavy atom. The Hall–Kier alpha value is -2.86. The molecule has 0 saturated carbocycles.